The van der Waals surface area contributed by atoms with Crippen LogP contribution in [0.1, 0.15) is 0 Å². The van der Waals surface area contributed by atoms with Crippen LogP contribution in [0.3, 0.4) is 0 Å². The number of aliphatic imine (C=N–C) groups is 1. The molecule has 3 heteroatoms. The van der Waals surface area contributed by atoms with E-state index in [-0.39, 0.29) is 0 Å². The lowest BCUT2D eigenvalue weighted by Gasteiger charge is -1.82. The Morgan fingerprint density at radius 3 is 2.29 bits per heavy atom. The van der Waals surface area contributed by atoms with Gasteiger partial charge in [-0.2, -0.15) is 0 Å². The maximum Gasteiger partial charge on any atom is 0.124 e. The van der Waals surface area contributed by atoms with Crippen LogP contribution in [-0.4, -0.2) is 22.9 Å². The standard InChI is InChI=1S/C4H7NS2/c1-5-4-6-2-3-7-4/h2-3H2,1H3. The normalized spacial score (nSPS) is 20.4. The minimum Gasteiger partial charge on any atom is -0.275 e. The largest absolute Gasteiger partial charge is 0.275 e. The van der Waals surface area contributed by atoms with E-state index in [0.717, 1.165) is 0 Å². The predicted octanol–water partition coefficient (Wildman–Crippen LogP) is 1.45. The van der Waals surface area contributed by atoms with Crippen molar-refractivity contribution in [3.63, 3.8) is 0 Å². The monoisotopic (exact) mass is 133 g/mol. The van der Waals surface area contributed by atoms with Gasteiger partial charge < -0.3 is 0 Å². The number of rotatable bonds is 0. The molecule has 1 fully saturated rings. The number of nitrogens with zero attached hydrogens (tertiary/aromatic N) is 1. The Hall–Kier alpha value is 0.370. The molecule has 0 spiro atoms. The molecule has 0 radical (unpaired) electrons. The van der Waals surface area contributed by atoms with E-state index in [4.69, 9.17) is 0 Å². The van der Waals surface area contributed by atoms with Gasteiger partial charge in [0.15, 0.2) is 0 Å². The summed E-state index contributed by atoms with van der Waals surface area (Å²) in [6.45, 7) is 0. The van der Waals surface area contributed by atoms with Crippen LogP contribution in [0.4, 0.5) is 0 Å². The minimum atomic E-state index is 1.25. The number of hydrogen-bond donors (Lipinski definition) is 0. The lowest BCUT2D eigenvalue weighted by Crippen LogP contribution is -1.71. The van der Waals surface area contributed by atoms with Crippen LogP contribution >= 0.6 is 23.5 Å². The van der Waals surface area contributed by atoms with E-state index in [1.54, 1.807) is 0 Å². The molecule has 1 heterocycles. The molecule has 0 aromatic heterocycles. The van der Waals surface area contributed by atoms with Crippen LogP contribution in [0.25, 0.3) is 0 Å². The topological polar surface area (TPSA) is 12.4 Å². The fourth-order valence-electron chi connectivity index (χ4n) is 0.429. The quantitative estimate of drug-likeness (QED) is 0.496. The van der Waals surface area contributed by atoms with E-state index in [1.807, 2.05) is 30.6 Å². The van der Waals surface area contributed by atoms with E-state index in [2.05, 4.69) is 4.99 Å². The summed E-state index contributed by atoms with van der Waals surface area (Å²) < 4.78 is 1.25. The van der Waals surface area contributed by atoms with E-state index in [0.29, 0.717) is 0 Å². The summed E-state index contributed by atoms with van der Waals surface area (Å²) in [7, 11) is 1.85. The average molecular weight is 133 g/mol. The van der Waals surface area contributed by atoms with Gasteiger partial charge in [-0.25, -0.2) is 0 Å². The molecule has 1 nitrogen and oxygen atoms in total. The van der Waals surface area contributed by atoms with Gasteiger partial charge in [0.2, 0.25) is 0 Å². The third kappa shape index (κ3) is 1.39. The van der Waals surface area contributed by atoms with E-state index < -0.39 is 0 Å². The highest BCUT2D eigenvalue weighted by atomic mass is 32.2. The molecule has 1 saturated heterocycles. The fourth-order valence-corrected chi connectivity index (χ4v) is 2.54. The number of hydrogen-bond acceptors (Lipinski definition) is 3. The Morgan fingerprint density at radius 2 is 2.00 bits per heavy atom. The molecule has 40 valence electrons. The van der Waals surface area contributed by atoms with Gasteiger partial charge in [0, 0.05) is 18.6 Å². The number of thioether (sulfide) groups is 2. The Balaban J connectivity index is 2.41. The van der Waals surface area contributed by atoms with Crippen LogP contribution < -0.4 is 0 Å². The van der Waals surface area contributed by atoms with Gasteiger partial charge in [0.25, 0.3) is 0 Å². The summed E-state index contributed by atoms with van der Waals surface area (Å²) >= 11 is 3.71. The summed E-state index contributed by atoms with van der Waals surface area (Å²) in [5.41, 5.74) is 0. The Kier molecular flexibility index (Phi) is 2.06. The zero-order valence-corrected chi connectivity index (χ0v) is 5.81. The van der Waals surface area contributed by atoms with E-state index in [9.17, 15) is 0 Å². The molecule has 0 amide bonds. The molecule has 0 aromatic carbocycles. The Labute approximate surface area is 52.0 Å². The predicted molar refractivity (Wildman–Crippen MR) is 38.3 cm³/mol. The van der Waals surface area contributed by atoms with Crippen molar-refractivity contribution in [3.8, 4) is 0 Å². The molecule has 0 N–H and O–H groups in total. The smallest absolute Gasteiger partial charge is 0.124 e. The Bertz CT molecular complexity index is 81.7. The van der Waals surface area contributed by atoms with Gasteiger partial charge in [-0.15, -0.1) is 0 Å². The molecule has 0 aromatic rings. The van der Waals surface area contributed by atoms with Crippen molar-refractivity contribution < 1.29 is 0 Å². The molecule has 1 aliphatic heterocycles. The first-order valence-electron chi connectivity index (χ1n) is 2.16. The van der Waals surface area contributed by atoms with E-state index >= 15 is 0 Å². The zero-order chi connectivity index (χ0) is 5.11. The van der Waals surface area contributed by atoms with Crippen molar-refractivity contribution >= 4 is 27.9 Å². The third-order valence-corrected chi connectivity index (χ3v) is 3.36. The summed E-state index contributed by atoms with van der Waals surface area (Å²) in [6, 6.07) is 0. The highest BCUT2D eigenvalue weighted by Gasteiger charge is 2.06. The molecular weight excluding hydrogens is 126 g/mol. The maximum absolute atomic E-state index is 4.03. The molecule has 0 unspecified atom stereocenters. The van der Waals surface area contributed by atoms with Gasteiger partial charge in [0.1, 0.15) is 4.38 Å². The molecule has 1 rings (SSSR count). The molecule has 0 saturated carbocycles. The van der Waals surface area contributed by atoms with Crippen molar-refractivity contribution in [2.75, 3.05) is 18.6 Å². The maximum atomic E-state index is 4.03. The Morgan fingerprint density at radius 1 is 1.43 bits per heavy atom. The van der Waals surface area contributed by atoms with Crippen molar-refractivity contribution in [1.29, 1.82) is 0 Å². The van der Waals surface area contributed by atoms with Crippen molar-refractivity contribution in [2.24, 2.45) is 4.99 Å². The van der Waals surface area contributed by atoms with E-state index in [1.165, 1.54) is 15.9 Å². The van der Waals surface area contributed by atoms with Gasteiger partial charge in [-0.1, -0.05) is 23.5 Å². The summed E-state index contributed by atoms with van der Waals surface area (Å²) in [5, 5.41) is 0. The van der Waals surface area contributed by atoms with Gasteiger partial charge in [-0.3, -0.25) is 4.99 Å². The first-order valence-corrected chi connectivity index (χ1v) is 4.13. The molecule has 0 atom stereocenters. The van der Waals surface area contributed by atoms with Crippen LogP contribution in [0.5, 0.6) is 0 Å². The summed E-state index contributed by atoms with van der Waals surface area (Å²) in [4.78, 5) is 4.03. The van der Waals surface area contributed by atoms with Crippen LogP contribution in [0, 0.1) is 0 Å². The van der Waals surface area contributed by atoms with Crippen LogP contribution in [0.2, 0.25) is 0 Å². The lowest BCUT2D eigenvalue weighted by molar-refractivity contribution is 1.48. The SMILES string of the molecule is CN=C1SCCS1. The van der Waals surface area contributed by atoms with Gasteiger partial charge in [-0.05, 0) is 0 Å². The first kappa shape index (κ1) is 5.51. The third-order valence-electron chi connectivity index (χ3n) is 0.717. The lowest BCUT2D eigenvalue weighted by atomic mass is 11.0. The molecule has 0 aliphatic carbocycles. The second kappa shape index (κ2) is 2.62. The summed E-state index contributed by atoms with van der Waals surface area (Å²) in [5.74, 6) is 2.49. The first-order chi connectivity index (χ1) is 3.43. The molecular formula is C4H7NS2. The second-order valence-electron chi connectivity index (χ2n) is 1.19. The van der Waals surface area contributed by atoms with Crippen molar-refractivity contribution in [3.05, 3.63) is 0 Å². The van der Waals surface area contributed by atoms with Crippen molar-refractivity contribution in [2.45, 2.75) is 0 Å². The zero-order valence-electron chi connectivity index (χ0n) is 4.18. The summed E-state index contributed by atoms with van der Waals surface area (Å²) in [6.07, 6.45) is 0. The van der Waals surface area contributed by atoms with Crippen molar-refractivity contribution in [1.82, 2.24) is 0 Å². The fraction of sp³-hybridized carbons (Fsp3) is 0.750. The average Bonchev–Trinajstić information content (AvgIpc) is 2.14. The van der Waals surface area contributed by atoms with Crippen LogP contribution in [-0.2, 0) is 0 Å². The van der Waals surface area contributed by atoms with Gasteiger partial charge in [0.05, 0.1) is 0 Å². The van der Waals surface area contributed by atoms with Gasteiger partial charge >= 0.3 is 0 Å². The minimum absolute atomic E-state index is 1.25. The highest BCUT2D eigenvalue weighted by molar-refractivity contribution is 8.41. The molecule has 7 heavy (non-hydrogen) atoms. The molecule has 0 bridgehead atoms. The van der Waals surface area contributed by atoms with Crippen LogP contribution in [0.15, 0.2) is 4.99 Å². The highest BCUT2D eigenvalue weighted by Crippen LogP contribution is 2.24. The molecule has 1 aliphatic rings. The second-order valence-corrected chi connectivity index (χ2v) is 3.61.